The lowest BCUT2D eigenvalue weighted by Crippen LogP contribution is -2.18. The molecule has 3 aromatic rings. The molecule has 0 spiro atoms. The predicted octanol–water partition coefficient (Wildman–Crippen LogP) is 3.83. The van der Waals surface area contributed by atoms with Crippen molar-refractivity contribution in [3.05, 3.63) is 71.4 Å². The summed E-state index contributed by atoms with van der Waals surface area (Å²) in [6.45, 7) is 0.315. The van der Waals surface area contributed by atoms with Gasteiger partial charge in [-0.2, -0.15) is 0 Å². The third-order valence-corrected chi connectivity index (χ3v) is 3.76. The Morgan fingerprint density at radius 2 is 1.86 bits per heavy atom. The number of carbonyl (C=O) groups excluding carboxylic acids is 1. The van der Waals surface area contributed by atoms with E-state index in [4.69, 9.17) is 4.74 Å². The molecule has 4 rings (SSSR count). The second-order valence-corrected chi connectivity index (χ2v) is 5.07. The summed E-state index contributed by atoms with van der Waals surface area (Å²) >= 11 is 0. The Morgan fingerprint density at radius 1 is 1.05 bits per heavy atom. The van der Waals surface area contributed by atoms with E-state index in [1.54, 1.807) is 6.07 Å². The smallest absolute Gasteiger partial charge is 0.196 e. The molecule has 0 saturated heterocycles. The maximum Gasteiger partial charge on any atom is 0.196 e. The Morgan fingerprint density at radius 3 is 2.81 bits per heavy atom. The van der Waals surface area contributed by atoms with Crippen molar-refractivity contribution in [1.29, 1.82) is 0 Å². The summed E-state index contributed by atoms with van der Waals surface area (Å²) in [6.07, 6.45) is 3.84. The molecular weight excluding hydrogens is 262 g/mol. The molecule has 0 amide bonds. The SMILES string of the molecule is O=C1/C(=C/c2c[nH]c3ccccc23)COc2ccccc21. The van der Waals surface area contributed by atoms with Gasteiger partial charge in [-0.3, -0.25) is 4.79 Å². The first kappa shape index (κ1) is 12.0. The zero-order chi connectivity index (χ0) is 14.2. The van der Waals surface area contributed by atoms with Gasteiger partial charge in [0.25, 0.3) is 0 Å². The number of fused-ring (bicyclic) bond motifs is 2. The number of rotatable bonds is 1. The van der Waals surface area contributed by atoms with Crippen LogP contribution in [0.15, 0.2) is 60.3 Å². The van der Waals surface area contributed by atoms with Gasteiger partial charge in [-0.05, 0) is 24.3 Å². The van der Waals surface area contributed by atoms with Crippen molar-refractivity contribution in [2.24, 2.45) is 0 Å². The first-order valence-corrected chi connectivity index (χ1v) is 6.86. The van der Waals surface area contributed by atoms with Gasteiger partial charge >= 0.3 is 0 Å². The van der Waals surface area contributed by atoms with Crippen molar-refractivity contribution >= 4 is 22.8 Å². The summed E-state index contributed by atoms with van der Waals surface area (Å²) in [5.74, 6) is 0.709. The van der Waals surface area contributed by atoms with Crippen LogP contribution in [0.2, 0.25) is 0 Å². The second-order valence-electron chi connectivity index (χ2n) is 5.07. The van der Waals surface area contributed by atoms with Crippen molar-refractivity contribution < 1.29 is 9.53 Å². The van der Waals surface area contributed by atoms with E-state index < -0.39 is 0 Å². The van der Waals surface area contributed by atoms with E-state index in [1.165, 1.54) is 0 Å². The number of hydrogen-bond donors (Lipinski definition) is 1. The van der Waals surface area contributed by atoms with Crippen LogP contribution in [0.25, 0.3) is 17.0 Å². The van der Waals surface area contributed by atoms with E-state index in [2.05, 4.69) is 4.98 Å². The first-order valence-electron chi connectivity index (χ1n) is 6.86. The van der Waals surface area contributed by atoms with Crippen LogP contribution in [-0.4, -0.2) is 17.4 Å². The number of ether oxygens (including phenoxy) is 1. The Balaban J connectivity index is 1.79. The van der Waals surface area contributed by atoms with Crippen molar-refractivity contribution in [1.82, 2.24) is 4.98 Å². The first-order chi connectivity index (χ1) is 10.3. The largest absolute Gasteiger partial charge is 0.488 e. The molecule has 3 heteroatoms. The van der Waals surface area contributed by atoms with E-state index in [0.717, 1.165) is 16.5 Å². The maximum absolute atomic E-state index is 12.5. The number of para-hydroxylation sites is 2. The fourth-order valence-electron chi connectivity index (χ4n) is 2.68. The Labute approximate surface area is 121 Å². The molecule has 1 aliphatic heterocycles. The van der Waals surface area contributed by atoms with Gasteiger partial charge < -0.3 is 9.72 Å². The van der Waals surface area contributed by atoms with Crippen LogP contribution in [0, 0.1) is 0 Å². The average molecular weight is 275 g/mol. The number of aromatic amines is 1. The van der Waals surface area contributed by atoms with Gasteiger partial charge in [0.15, 0.2) is 5.78 Å². The molecule has 0 unspecified atom stereocenters. The molecule has 1 N–H and O–H groups in total. The van der Waals surface area contributed by atoms with Gasteiger partial charge in [0.2, 0.25) is 0 Å². The lowest BCUT2D eigenvalue weighted by atomic mass is 9.98. The zero-order valence-corrected chi connectivity index (χ0v) is 11.3. The van der Waals surface area contributed by atoms with Crippen LogP contribution >= 0.6 is 0 Å². The number of benzene rings is 2. The molecule has 1 aromatic heterocycles. The van der Waals surface area contributed by atoms with Crippen LogP contribution in [-0.2, 0) is 0 Å². The van der Waals surface area contributed by atoms with Crippen molar-refractivity contribution in [2.45, 2.75) is 0 Å². The highest BCUT2D eigenvalue weighted by molar-refractivity contribution is 6.14. The van der Waals surface area contributed by atoms with E-state index in [1.807, 2.05) is 54.7 Å². The number of Topliss-reactive ketones (excluding diaryl/α,β-unsaturated/α-hetero) is 1. The second kappa shape index (κ2) is 4.63. The highest BCUT2D eigenvalue weighted by Gasteiger charge is 2.22. The standard InChI is InChI=1S/C18H13NO2/c20-18-13(11-21-17-8-4-2-6-15(17)18)9-12-10-19-16-7-3-1-5-14(12)16/h1-10,19H,11H2/b13-9+. The molecule has 0 aliphatic carbocycles. The number of hydrogen-bond acceptors (Lipinski definition) is 2. The van der Waals surface area contributed by atoms with E-state index in [-0.39, 0.29) is 5.78 Å². The molecule has 0 bridgehead atoms. The minimum absolute atomic E-state index is 0.0436. The minimum Gasteiger partial charge on any atom is -0.488 e. The Bertz CT molecular complexity index is 874. The van der Waals surface area contributed by atoms with Crippen LogP contribution in [0.3, 0.4) is 0 Å². The molecule has 0 fully saturated rings. The summed E-state index contributed by atoms with van der Waals surface area (Å²) in [5, 5.41) is 1.11. The molecule has 0 atom stereocenters. The molecule has 1 aliphatic rings. The highest BCUT2D eigenvalue weighted by Crippen LogP contribution is 2.28. The Kier molecular flexibility index (Phi) is 2.64. The molecular formula is C18H13NO2. The summed E-state index contributed by atoms with van der Waals surface area (Å²) in [6, 6.07) is 15.4. The number of H-pyrrole nitrogens is 1. The monoisotopic (exact) mass is 275 g/mol. The van der Waals surface area contributed by atoms with Crippen molar-refractivity contribution in [3.8, 4) is 5.75 Å². The van der Waals surface area contributed by atoms with Gasteiger partial charge in [0.1, 0.15) is 12.4 Å². The Hall–Kier alpha value is -2.81. The molecule has 3 nitrogen and oxygen atoms in total. The molecule has 102 valence electrons. The number of aromatic nitrogens is 1. The average Bonchev–Trinajstić information content (AvgIpc) is 2.94. The summed E-state index contributed by atoms with van der Waals surface area (Å²) in [4.78, 5) is 15.7. The van der Waals surface area contributed by atoms with Crippen LogP contribution in [0.1, 0.15) is 15.9 Å². The van der Waals surface area contributed by atoms with Crippen LogP contribution in [0.4, 0.5) is 0 Å². The minimum atomic E-state index is 0.0436. The molecule has 0 radical (unpaired) electrons. The fraction of sp³-hybridized carbons (Fsp3) is 0.0556. The van der Waals surface area contributed by atoms with Crippen molar-refractivity contribution in [2.75, 3.05) is 6.61 Å². The normalized spacial score (nSPS) is 16.0. The van der Waals surface area contributed by atoms with Crippen LogP contribution in [0.5, 0.6) is 5.75 Å². The zero-order valence-electron chi connectivity index (χ0n) is 11.3. The van der Waals surface area contributed by atoms with Gasteiger partial charge in [0, 0.05) is 28.2 Å². The third-order valence-electron chi connectivity index (χ3n) is 3.76. The lowest BCUT2D eigenvalue weighted by Gasteiger charge is -2.18. The van der Waals surface area contributed by atoms with E-state index in [0.29, 0.717) is 23.5 Å². The van der Waals surface area contributed by atoms with Crippen molar-refractivity contribution in [3.63, 3.8) is 0 Å². The van der Waals surface area contributed by atoms with Gasteiger partial charge in [-0.15, -0.1) is 0 Å². The van der Waals surface area contributed by atoms with Gasteiger partial charge in [0.05, 0.1) is 5.56 Å². The fourth-order valence-corrected chi connectivity index (χ4v) is 2.68. The maximum atomic E-state index is 12.5. The summed E-state index contributed by atoms with van der Waals surface area (Å²) in [7, 11) is 0. The van der Waals surface area contributed by atoms with Gasteiger partial charge in [-0.1, -0.05) is 30.3 Å². The van der Waals surface area contributed by atoms with E-state index >= 15 is 0 Å². The highest BCUT2D eigenvalue weighted by atomic mass is 16.5. The third kappa shape index (κ3) is 1.94. The molecule has 0 saturated carbocycles. The predicted molar refractivity (Wildman–Crippen MR) is 82.5 cm³/mol. The van der Waals surface area contributed by atoms with E-state index in [9.17, 15) is 4.79 Å². The number of carbonyl (C=O) groups is 1. The molecule has 2 aromatic carbocycles. The quantitative estimate of drug-likeness (QED) is 0.686. The number of nitrogens with one attached hydrogen (secondary N) is 1. The summed E-state index contributed by atoms with van der Waals surface area (Å²) in [5.41, 5.74) is 3.39. The number of ketones is 1. The summed E-state index contributed by atoms with van der Waals surface area (Å²) < 4.78 is 5.67. The van der Waals surface area contributed by atoms with Crippen LogP contribution < -0.4 is 4.74 Å². The van der Waals surface area contributed by atoms with Gasteiger partial charge in [-0.25, -0.2) is 0 Å². The molecule has 21 heavy (non-hydrogen) atoms. The topological polar surface area (TPSA) is 42.1 Å². The molecule has 2 heterocycles. The lowest BCUT2D eigenvalue weighted by molar-refractivity contribution is 0.100.